The maximum Gasteiger partial charge on any atom is 0.156 e. The van der Waals surface area contributed by atoms with Crippen molar-refractivity contribution in [3.8, 4) is 0 Å². The molecule has 0 saturated carbocycles. The number of aryl methyl sites for hydroxylation is 1. The molecule has 2 unspecified atom stereocenters. The van der Waals surface area contributed by atoms with E-state index in [9.17, 15) is 8.42 Å². The predicted molar refractivity (Wildman–Crippen MR) is 84.2 cm³/mol. The van der Waals surface area contributed by atoms with E-state index >= 15 is 0 Å². The lowest BCUT2D eigenvalue weighted by Crippen LogP contribution is -2.29. The monoisotopic (exact) mass is 316 g/mol. The molecule has 2 atom stereocenters. The highest BCUT2D eigenvalue weighted by atomic mass is 32.2. The fourth-order valence-electron chi connectivity index (χ4n) is 2.46. The molecule has 0 aliphatic heterocycles. The topological polar surface area (TPSA) is 59.1 Å². The third-order valence-corrected chi connectivity index (χ3v) is 6.82. The molecule has 0 radical (unpaired) electrons. The average Bonchev–Trinajstić information content (AvgIpc) is 2.78. The predicted octanol–water partition coefficient (Wildman–Crippen LogP) is 2.67. The minimum atomic E-state index is -3.07. The lowest BCUT2D eigenvalue weighted by molar-refractivity contribution is 0.474. The first-order valence-corrected chi connectivity index (χ1v) is 9.98. The van der Waals surface area contributed by atoms with Gasteiger partial charge in [-0.05, 0) is 26.2 Å². The van der Waals surface area contributed by atoms with Gasteiger partial charge in [-0.2, -0.15) is 0 Å². The van der Waals surface area contributed by atoms with Crippen molar-refractivity contribution in [2.75, 3.05) is 12.8 Å². The van der Waals surface area contributed by atoms with E-state index in [0.717, 1.165) is 30.1 Å². The summed E-state index contributed by atoms with van der Waals surface area (Å²) >= 11 is 1.59. The Kier molecular flexibility index (Phi) is 4.87. The van der Waals surface area contributed by atoms with Crippen molar-refractivity contribution < 1.29 is 8.42 Å². The molecule has 0 fully saturated rings. The summed E-state index contributed by atoms with van der Waals surface area (Å²) in [5.41, 5.74) is 1.14. The van der Waals surface area contributed by atoms with Crippen LogP contribution in [0.25, 0.3) is 0 Å². The van der Waals surface area contributed by atoms with Crippen molar-refractivity contribution >= 4 is 21.2 Å². The van der Waals surface area contributed by atoms with Gasteiger partial charge in [0, 0.05) is 29.6 Å². The third kappa shape index (κ3) is 3.59. The van der Waals surface area contributed by atoms with E-state index in [0.29, 0.717) is 12.0 Å². The zero-order chi connectivity index (χ0) is 14.9. The smallest absolute Gasteiger partial charge is 0.156 e. The third-order valence-electron chi connectivity index (χ3n) is 3.85. The molecule has 114 valence electrons. The Morgan fingerprint density at radius 3 is 2.70 bits per heavy atom. The second-order valence-electron chi connectivity index (χ2n) is 5.98. The van der Waals surface area contributed by atoms with Crippen molar-refractivity contribution in [2.45, 2.75) is 57.2 Å². The van der Waals surface area contributed by atoms with Gasteiger partial charge in [-0.1, -0.05) is 13.8 Å². The molecule has 6 heteroatoms. The zero-order valence-corrected chi connectivity index (χ0v) is 14.3. The van der Waals surface area contributed by atoms with Gasteiger partial charge in [0.1, 0.15) is 10.3 Å². The van der Waals surface area contributed by atoms with Crippen molar-refractivity contribution in [3.05, 3.63) is 15.6 Å². The van der Waals surface area contributed by atoms with Gasteiger partial charge in [0.2, 0.25) is 0 Å². The molecule has 0 aromatic carbocycles. The lowest BCUT2D eigenvalue weighted by atomic mass is 9.91. The minimum absolute atomic E-state index is 0.429. The number of hydrogen-bond donors (Lipinski definition) is 1. The van der Waals surface area contributed by atoms with E-state index in [4.69, 9.17) is 0 Å². The summed E-state index contributed by atoms with van der Waals surface area (Å²) in [6, 6.07) is 0.466. The average molecular weight is 316 g/mol. The van der Waals surface area contributed by atoms with E-state index in [2.05, 4.69) is 24.1 Å². The molecule has 0 bridgehead atoms. The quantitative estimate of drug-likeness (QED) is 0.907. The first-order chi connectivity index (χ1) is 9.29. The second-order valence-corrected chi connectivity index (χ2v) is 9.47. The van der Waals surface area contributed by atoms with Crippen LogP contribution in [0.5, 0.6) is 0 Å². The molecule has 2 rings (SSSR count). The molecule has 1 aliphatic carbocycles. The van der Waals surface area contributed by atoms with Crippen LogP contribution in [0.1, 0.15) is 60.4 Å². The van der Waals surface area contributed by atoms with Gasteiger partial charge in [-0.25, -0.2) is 13.4 Å². The highest BCUT2D eigenvalue weighted by Gasteiger charge is 2.28. The fourth-order valence-corrected chi connectivity index (χ4v) is 4.67. The van der Waals surface area contributed by atoms with Crippen molar-refractivity contribution in [1.29, 1.82) is 0 Å². The SMILES string of the molecule is CC(C)NCC1CCCc2sc(C(C)S(C)(=O)=O)nc21. The van der Waals surface area contributed by atoms with E-state index in [1.54, 1.807) is 18.3 Å². The Morgan fingerprint density at radius 2 is 2.10 bits per heavy atom. The van der Waals surface area contributed by atoms with Crippen LogP contribution in [0.15, 0.2) is 0 Å². The van der Waals surface area contributed by atoms with Crippen molar-refractivity contribution in [2.24, 2.45) is 0 Å². The van der Waals surface area contributed by atoms with Crippen molar-refractivity contribution in [3.63, 3.8) is 0 Å². The van der Waals surface area contributed by atoms with Crippen LogP contribution in [0.2, 0.25) is 0 Å². The maximum absolute atomic E-state index is 11.7. The molecular weight excluding hydrogens is 292 g/mol. The highest BCUT2D eigenvalue weighted by Crippen LogP contribution is 2.37. The first kappa shape index (κ1) is 15.9. The first-order valence-electron chi connectivity index (χ1n) is 7.20. The van der Waals surface area contributed by atoms with Crippen LogP contribution in [-0.4, -0.2) is 32.2 Å². The molecular formula is C14H24N2O2S2. The van der Waals surface area contributed by atoms with E-state index in [1.807, 2.05) is 0 Å². The molecule has 0 saturated heterocycles. The van der Waals surface area contributed by atoms with Crippen LogP contribution in [0, 0.1) is 0 Å². The highest BCUT2D eigenvalue weighted by molar-refractivity contribution is 7.91. The van der Waals surface area contributed by atoms with Gasteiger partial charge in [0.25, 0.3) is 0 Å². The summed E-state index contributed by atoms with van der Waals surface area (Å²) < 4.78 is 23.4. The molecule has 0 spiro atoms. The Balaban J connectivity index is 2.22. The van der Waals surface area contributed by atoms with Crippen LogP contribution in [0.3, 0.4) is 0 Å². The van der Waals surface area contributed by atoms with E-state index in [1.165, 1.54) is 17.6 Å². The number of aromatic nitrogens is 1. The van der Waals surface area contributed by atoms with Gasteiger partial charge in [0.15, 0.2) is 9.84 Å². The number of rotatable bonds is 5. The number of nitrogens with zero attached hydrogens (tertiary/aromatic N) is 1. The summed E-state index contributed by atoms with van der Waals surface area (Å²) in [5, 5.41) is 3.74. The Morgan fingerprint density at radius 1 is 1.40 bits per heavy atom. The lowest BCUT2D eigenvalue weighted by Gasteiger charge is -2.22. The normalized spacial score (nSPS) is 20.9. The second kappa shape index (κ2) is 6.12. The minimum Gasteiger partial charge on any atom is -0.314 e. The fraction of sp³-hybridized carbons (Fsp3) is 0.786. The Hall–Kier alpha value is -0.460. The summed E-state index contributed by atoms with van der Waals surface area (Å²) in [6.07, 6.45) is 4.65. The standard InChI is InChI=1S/C14H24N2O2S2/c1-9(2)15-8-11-6-5-7-12-13(11)16-14(19-12)10(3)20(4,17)18/h9-11,15H,5-8H2,1-4H3. The van der Waals surface area contributed by atoms with Gasteiger partial charge >= 0.3 is 0 Å². The summed E-state index contributed by atoms with van der Waals surface area (Å²) in [6.45, 7) is 6.95. The molecule has 0 amide bonds. The molecule has 1 aromatic rings. The van der Waals surface area contributed by atoms with Crippen LogP contribution in [0.4, 0.5) is 0 Å². The molecule has 1 aliphatic rings. The molecule has 1 aromatic heterocycles. The summed E-state index contributed by atoms with van der Waals surface area (Å²) in [4.78, 5) is 5.97. The van der Waals surface area contributed by atoms with Crippen LogP contribution < -0.4 is 5.32 Å². The largest absolute Gasteiger partial charge is 0.314 e. The maximum atomic E-state index is 11.7. The number of hydrogen-bond acceptors (Lipinski definition) is 5. The summed E-state index contributed by atoms with van der Waals surface area (Å²) in [7, 11) is -3.07. The molecule has 4 nitrogen and oxygen atoms in total. The van der Waals surface area contributed by atoms with Crippen LogP contribution >= 0.6 is 11.3 Å². The molecule has 1 heterocycles. The van der Waals surface area contributed by atoms with Gasteiger partial charge < -0.3 is 5.32 Å². The number of sulfone groups is 1. The molecule has 20 heavy (non-hydrogen) atoms. The Bertz CT molecular complexity index is 564. The number of fused-ring (bicyclic) bond motifs is 1. The Labute approximate surface area is 125 Å². The van der Waals surface area contributed by atoms with Gasteiger partial charge in [-0.3, -0.25) is 0 Å². The van der Waals surface area contributed by atoms with E-state index in [-0.39, 0.29) is 0 Å². The molecule has 1 N–H and O–H groups in total. The zero-order valence-electron chi connectivity index (χ0n) is 12.6. The number of nitrogens with one attached hydrogen (secondary N) is 1. The van der Waals surface area contributed by atoms with E-state index < -0.39 is 15.1 Å². The van der Waals surface area contributed by atoms with Crippen molar-refractivity contribution in [1.82, 2.24) is 10.3 Å². The summed E-state index contributed by atoms with van der Waals surface area (Å²) in [5.74, 6) is 0.429. The number of thiazole rings is 1. The van der Waals surface area contributed by atoms with Gasteiger partial charge in [0.05, 0.1) is 5.69 Å². The van der Waals surface area contributed by atoms with Gasteiger partial charge in [-0.15, -0.1) is 11.3 Å². The van der Waals surface area contributed by atoms with Crippen LogP contribution in [-0.2, 0) is 16.3 Å².